The van der Waals surface area contributed by atoms with Crippen LogP contribution in [0.3, 0.4) is 0 Å². The number of furan rings is 1. The van der Waals surface area contributed by atoms with Gasteiger partial charge in [-0.25, -0.2) is 5.43 Å². The molecule has 3 N–H and O–H groups in total. The summed E-state index contributed by atoms with van der Waals surface area (Å²) < 4.78 is 5.97. The van der Waals surface area contributed by atoms with Gasteiger partial charge in [0.1, 0.15) is 0 Å². The Balaban J connectivity index is 2.41. The summed E-state index contributed by atoms with van der Waals surface area (Å²) in [6, 6.07) is 7.36. The lowest BCUT2D eigenvalue weighted by Gasteiger charge is -2.16. The van der Waals surface area contributed by atoms with Crippen LogP contribution in [-0.4, -0.2) is 0 Å². The van der Waals surface area contributed by atoms with Crippen LogP contribution in [0.1, 0.15) is 17.2 Å². The zero-order valence-electron chi connectivity index (χ0n) is 8.28. The van der Waals surface area contributed by atoms with Crippen LogP contribution in [0.5, 0.6) is 0 Å². The molecule has 0 radical (unpaired) electrons. The molecule has 0 saturated carbocycles. The van der Waals surface area contributed by atoms with Gasteiger partial charge in [0.05, 0.1) is 18.6 Å². The molecule has 1 aromatic carbocycles. The molecular weight excluding hydrogens is 291 g/mol. The van der Waals surface area contributed by atoms with Crippen LogP contribution in [0.25, 0.3) is 0 Å². The van der Waals surface area contributed by atoms with E-state index < -0.39 is 0 Å². The first-order valence-electron chi connectivity index (χ1n) is 4.65. The Morgan fingerprint density at radius 2 is 2.19 bits per heavy atom. The number of benzene rings is 1. The van der Waals surface area contributed by atoms with Crippen molar-refractivity contribution in [3.8, 4) is 0 Å². The fraction of sp³-hybridized carbons (Fsp3) is 0.0909. The van der Waals surface area contributed by atoms with E-state index in [-0.39, 0.29) is 6.04 Å². The maximum absolute atomic E-state index is 6.16. The van der Waals surface area contributed by atoms with Crippen molar-refractivity contribution >= 4 is 27.5 Å². The van der Waals surface area contributed by atoms with Crippen LogP contribution in [0.15, 0.2) is 45.7 Å². The maximum Gasteiger partial charge on any atom is 0.0954 e. The lowest BCUT2D eigenvalue weighted by molar-refractivity contribution is 0.553. The molecule has 1 aromatic heterocycles. The molecular formula is C11H10BrClN2O. The molecule has 0 bridgehead atoms. The molecule has 1 unspecified atom stereocenters. The van der Waals surface area contributed by atoms with Gasteiger partial charge >= 0.3 is 0 Å². The monoisotopic (exact) mass is 300 g/mol. The second kappa shape index (κ2) is 5.01. The molecule has 0 aliphatic carbocycles. The Labute approximate surface area is 107 Å². The van der Waals surface area contributed by atoms with Gasteiger partial charge in [-0.05, 0) is 23.8 Å². The van der Waals surface area contributed by atoms with Gasteiger partial charge in [0.15, 0.2) is 0 Å². The molecule has 3 nitrogen and oxygen atoms in total. The predicted octanol–water partition coefficient (Wildman–Crippen LogP) is 3.25. The standard InChI is InChI=1S/C11H10BrClN2O/c12-8-1-2-9(10(13)5-8)11(15-14)7-3-4-16-6-7/h1-6,11,15H,14H2. The lowest BCUT2D eigenvalue weighted by atomic mass is 10.0. The normalized spacial score (nSPS) is 12.7. The van der Waals surface area contributed by atoms with Crippen molar-refractivity contribution in [2.75, 3.05) is 0 Å². The summed E-state index contributed by atoms with van der Waals surface area (Å²) in [5.41, 5.74) is 4.57. The van der Waals surface area contributed by atoms with Gasteiger partial charge in [0.2, 0.25) is 0 Å². The van der Waals surface area contributed by atoms with Crippen molar-refractivity contribution in [1.82, 2.24) is 5.43 Å². The zero-order chi connectivity index (χ0) is 11.5. The average molecular weight is 302 g/mol. The minimum Gasteiger partial charge on any atom is -0.472 e. The fourth-order valence-corrected chi connectivity index (χ4v) is 2.32. The summed E-state index contributed by atoms with van der Waals surface area (Å²) >= 11 is 9.53. The van der Waals surface area contributed by atoms with E-state index >= 15 is 0 Å². The molecule has 0 fully saturated rings. The third kappa shape index (κ3) is 2.30. The summed E-state index contributed by atoms with van der Waals surface area (Å²) in [7, 11) is 0. The van der Waals surface area contributed by atoms with E-state index in [1.807, 2.05) is 24.3 Å². The van der Waals surface area contributed by atoms with E-state index in [1.165, 1.54) is 0 Å². The highest BCUT2D eigenvalue weighted by molar-refractivity contribution is 9.10. The van der Waals surface area contributed by atoms with Crippen LogP contribution >= 0.6 is 27.5 Å². The van der Waals surface area contributed by atoms with Crippen molar-refractivity contribution in [2.24, 2.45) is 5.84 Å². The first kappa shape index (κ1) is 11.7. The van der Waals surface area contributed by atoms with Crippen LogP contribution < -0.4 is 11.3 Å². The van der Waals surface area contributed by atoms with Gasteiger partial charge in [-0.3, -0.25) is 5.84 Å². The lowest BCUT2D eigenvalue weighted by Crippen LogP contribution is -2.28. The van der Waals surface area contributed by atoms with Crippen molar-refractivity contribution in [3.63, 3.8) is 0 Å². The molecule has 2 aromatic rings. The molecule has 0 amide bonds. The highest BCUT2D eigenvalue weighted by atomic mass is 79.9. The summed E-state index contributed by atoms with van der Waals surface area (Å²) in [6.07, 6.45) is 3.25. The molecule has 0 aliphatic rings. The Kier molecular flexibility index (Phi) is 3.66. The Morgan fingerprint density at radius 1 is 1.38 bits per heavy atom. The Morgan fingerprint density at radius 3 is 2.75 bits per heavy atom. The molecule has 16 heavy (non-hydrogen) atoms. The predicted molar refractivity (Wildman–Crippen MR) is 67.0 cm³/mol. The van der Waals surface area contributed by atoms with E-state index in [1.54, 1.807) is 12.5 Å². The molecule has 1 atom stereocenters. The minimum atomic E-state index is -0.167. The molecule has 0 spiro atoms. The third-order valence-electron chi connectivity index (χ3n) is 2.32. The Bertz CT molecular complexity index is 473. The van der Waals surface area contributed by atoms with Crippen LogP contribution in [0.4, 0.5) is 0 Å². The second-order valence-electron chi connectivity index (χ2n) is 3.32. The van der Waals surface area contributed by atoms with E-state index in [4.69, 9.17) is 21.9 Å². The quantitative estimate of drug-likeness (QED) is 0.676. The molecule has 5 heteroatoms. The molecule has 2 rings (SSSR count). The van der Waals surface area contributed by atoms with E-state index in [9.17, 15) is 0 Å². The van der Waals surface area contributed by atoms with Crippen LogP contribution in [-0.2, 0) is 0 Å². The van der Waals surface area contributed by atoms with E-state index in [2.05, 4.69) is 21.4 Å². The van der Waals surface area contributed by atoms with Gasteiger partial charge in [-0.1, -0.05) is 33.6 Å². The van der Waals surface area contributed by atoms with Gasteiger partial charge < -0.3 is 4.42 Å². The second-order valence-corrected chi connectivity index (χ2v) is 4.65. The van der Waals surface area contributed by atoms with Crippen molar-refractivity contribution in [3.05, 3.63) is 57.4 Å². The fourth-order valence-electron chi connectivity index (χ4n) is 1.54. The van der Waals surface area contributed by atoms with Gasteiger partial charge in [-0.2, -0.15) is 0 Å². The maximum atomic E-state index is 6.16. The van der Waals surface area contributed by atoms with E-state index in [0.717, 1.165) is 15.6 Å². The third-order valence-corrected chi connectivity index (χ3v) is 3.14. The zero-order valence-corrected chi connectivity index (χ0v) is 10.6. The number of nitrogens with two attached hydrogens (primary N) is 1. The topological polar surface area (TPSA) is 51.2 Å². The van der Waals surface area contributed by atoms with Crippen molar-refractivity contribution < 1.29 is 4.42 Å². The average Bonchev–Trinajstić information content (AvgIpc) is 2.75. The smallest absolute Gasteiger partial charge is 0.0954 e. The highest BCUT2D eigenvalue weighted by Crippen LogP contribution is 2.30. The van der Waals surface area contributed by atoms with Crippen LogP contribution in [0, 0.1) is 0 Å². The SMILES string of the molecule is NNC(c1ccoc1)c1ccc(Br)cc1Cl. The number of hydrogen-bond donors (Lipinski definition) is 2. The molecule has 0 saturated heterocycles. The Hall–Kier alpha value is -0.810. The van der Waals surface area contributed by atoms with Gasteiger partial charge in [0.25, 0.3) is 0 Å². The minimum absolute atomic E-state index is 0.167. The number of nitrogens with one attached hydrogen (secondary N) is 1. The molecule has 84 valence electrons. The highest BCUT2D eigenvalue weighted by Gasteiger charge is 2.16. The molecule has 0 aliphatic heterocycles. The summed E-state index contributed by atoms with van der Waals surface area (Å²) in [5.74, 6) is 5.54. The largest absolute Gasteiger partial charge is 0.472 e. The first-order chi connectivity index (χ1) is 7.72. The summed E-state index contributed by atoms with van der Waals surface area (Å²) in [6.45, 7) is 0. The summed E-state index contributed by atoms with van der Waals surface area (Å²) in [5, 5.41) is 0.651. The summed E-state index contributed by atoms with van der Waals surface area (Å²) in [4.78, 5) is 0. The number of hydrogen-bond acceptors (Lipinski definition) is 3. The van der Waals surface area contributed by atoms with Gasteiger partial charge in [0, 0.05) is 15.1 Å². The first-order valence-corrected chi connectivity index (χ1v) is 5.82. The number of halogens is 2. The molecule has 1 heterocycles. The van der Waals surface area contributed by atoms with Crippen LogP contribution in [0.2, 0.25) is 5.02 Å². The van der Waals surface area contributed by atoms with Gasteiger partial charge in [-0.15, -0.1) is 0 Å². The number of hydrazine groups is 1. The number of rotatable bonds is 3. The van der Waals surface area contributed by atoms with Crippen molar-refractivity contribution in [2.45, 2.75) is 6.04 Å². The van der Waals surface area contributed by atoms with E-state index in [0.29, 0.717) is 5.02 Å². The van der Waals surface area contributed by atoms with Crippen molar-refractivity contribution in [1.29, 1.82) is 0 Å².